The highest BCUT2D eigenvalue weighted by Crippen LogP contribution is 2.62. The van der Waals surface area contributed by atoms with Gasteiger partial charge in [-0.15, -0.1) is 0 Å². The Balaban J connectivity index is 1.21. The van der Waals surface area contributed by atoms with Gasteiger partial charge in [0.2, 0.25) is 0 Å². The number of hydrogen-bond acceptors (Lipinski definition) is 4. The van der Waals surface area contributed by atoms with Crippen molar-refractivity contribution in [2.24, 2.45) is 16.3 Å². The molecule has 0 radical (unpaired) electrons. The van der Waals surface area contributed by atoms with Crippen LogP contribution in [0.15, 0.2) is 29.3 Å². The average Bonchev–Trinajstić information content (AvgIpc) is 3.32. The first kappa shape index (κ1) is 18.1. The fourth-order valence-corrected chi connectivity index (χ4v) is 5.96. The van der Waals surface area contributed by atoms with Crippen LogP contribution in [0.1, 0.15) is 32.1 Å². The molecule has 0 aromatic heterocycles. The highest BCUT2D eigenvalue weighted by Gasteiger charge is 2.66. The Hall–Kier alpha value is -1.95. The van der Waals surface area contributed by atoms with E-state index in [0.717, 1.165) is 37.8 Å². The van der Waals surface area contributed by atoms with Crippen LogP contribution in [0.2, 0.25) is 0 Å². The molecule has 2 aliphatic carbocycles. The van der Waals surface area contributed by atoms with Gasteiger partial charge in [-0.2, -0.15) is 0 Å². The fourth-order valence-electron chi connectivity index (χ4n) is 5.96. The molecule has 0 amide bonds. The molecule has 6 heteroatoms. The van der Waals surface area contributed by atoms with Crippen molar-refractivity contribution in [3.05, 3.63) is 24.3 Å². The number of para-hydroxylation sites is 2. The molecule has 2 aliphatic heterocycles. The normalized spacial score (nSPS) is 33.2. The lowest BCUT2D eigenvalue weighted by molar-refractivity contribution is -0.171. The van der Waals surface area contributed by atoms with Crippen LogP contribution in [0.5, 0.6) is 5.75 Å². The molecule has 4 aliphatic rings. The van der Waals surface area contributed by atoms with Crippen molar-refractivity contribution in [3.8, 4) is 5.75 Å². The number of nitrogens with one attached hydrogen (secondary N) is 2. The third-order valence-corrected chi connectivity index (χ3v) is 7.51. The summed E-state index contributed by atoms with van der Waals surface area (Å²) in [6, 6.07) is 9.19. The van der Waals surface area contributed by atoms with Gasteiger partial charge >= 0.3 is 0 Å². The summed E-state index contributed by atoms with van der Waals surface area (Å²) >= 11 is 0. The highest BCUT2D eigenvalue weighted by molar-refractivity contribution is 5.81. The molecule has 4 unspecified atom stereocenters. The molecule has 4 fully saturated rings. The van der Waals surface area contributed by atoms with Crippen LogP contribution in [0.25, 0.3) is 0 Å². The van der Waals surface area contributed by atoms with Crippen molar-refractivity contribution >= 4 is 11.6 Å². The van der Waals surface area contributed by atoms with Gasteiger partial charge in [0.25, 0.3) is 0 Å². The first-order chi connectivity index (χ1) is 13.7. The lowest BCUT2D eigenvalue weighted by Crippen LogP contribution is -2.72. The number of rotatable bonds is 4. The van der Waals surface area contributed by atoms with Gasteiger partial charge in [-0.05, 0) is 37.8 Å². The van der Waals surface area contributed by atoms with Crippen LogP contribution in [0.4, 0.5) is 5.69 Å². The number of methoxy groups -OCH3 is 1. The van der Waals surface area contributed by atoms with E-state index >= 15 is 0 Å². The molecule has 2 saturated carbocycles. The van der Waals surface area contributed by atoms with E-state index in [1.807, 2.05) is 19.2 Å². The van der Waals surface area contributed by atoms with Crippen molar-refractivity contribution in [1.29, 1.82) is 0 Å². The maximum Gasteiger partial charge on any atom is 0.191 e. The summed E-state index contributed by atoms with van der Waals surface area (Å²) in [6.07, 6.45) is 6.72. The second kappa shape index (κ2) is 7.14. The summed E-state index contributed by atoms with van der Waals surface area (Å²) in [7, 11) is 3.63. The van der Waals surface area contributed by atoms with E-state index in [2.05, 4.69) is 32.7 Å². The molecule has 5 rings (SSSR count). The number of guanidine groups is 1. The van der Waals surface area contributed by atoms with Crippen molar-refractivity contribution in [2.75, 3.05) is 38.8 Å². The van der Waals surface area contributed by atoms with Crippen molar-refractivity contribution in [1.82, 2.24) is 10.6 Å². The molecule has 28 heavy (non-hydrogen) atoms. The SMILES string of the molecule is CN=C(NC1CCN(c2ccccc2OC)C1)NC1C2CCOC2C12CCC2. The predicted octanol–water partition coefficient (Wildman–Crippen LogP) is 2.40. The zero-order valence-corrected chi connectivity index (χ0v) is 17.0. The quantitative estimate of drug-likeness (QED) is 0.617. The van der Waals surface area contributed by atoms with E-state index in [4.69, 9.17) is 9.47 Å². The van der Waals surface area contributed by atoms with Crippen molar-refractivity contribution < 1.29 is 9.47 Å². The molecular formula is C22H32N4O2. The number of nitrogens with zero attached hydrogens (tertiary/aromatic N) is 2. The Morgan fingerprint density at radius 3 is 2.86 bits per heavy atom. The van der Waals surface area contributed by atoms with E-state index < -0.39 is 0 Å². The summed E-state index contributed by atoms with van der Waals surface area (Å²) in [6.45, 7) is 2.92. The van der Waals surface area contributed by atoms with Gasteiger partial charge in [-0.1, -0.05) is 18.6 Å². The first-order valence-electron chi connectivity index (χ1n) is 10.7. The number of hydrogen-bond donors (Lipinski definition) is 2. The number of ether oxygens (including phenoxy) is 2. The molecule has 1 aromatic carbocycles. The van der Waals surface area contributed by atoms with Gasteiger partial charge in [-0.25, -0.2) is 0 Å². The van der Waals surface area contributed by atoms with Crippen LogP contribution < -0.4 is 20.3 Å². The highest BCUT2D eigenvalue weighted by atomic mass is 16.5. The summed E-state index contributed by atoms with van der Waals surface area (Å²) in [5.74, 6) is 2.56. The number of aliphatic imine (C=N–C) groups is 1. The van der Waals surface area contributed by atoms with E-state index in [9.17, 15) is 0 Å². The summed E-state index contributed by atoms with van der Waals surface area (Å²) in [5, 5.41) is 7.47. The van der Waals surface area contributed by atoms with Crippen LogP contribution in [0, 0.1) is 11.3 Å². The van der Waals surface area contributed by atoms with E-state index in [-0.39, 0.29) is 0 Å². The number of benzene rings is 1. The zero-order chi connectivity index (χ0) is 19.1. The minimum Gasteiger partial charge on any atom is -0.495 e. The molecule has 152 valence electrons. The van der Waals surface area contributed by atoms with Gasteiger partial charge < -0.3 is 25.0 Å². The van der Waals surface area contributed by atoms with E-state index in [1.165, 1.54) is 31.4 Å². The van der Waals surface area contributed by atoms with Crippen LogP contribution in [-0.2, 0) is 4.74 Å². The van der Waals surface area contributed by atoms with Crippen LogP contribution in [-0.4, -0.2) is 58.0 Å². The zero-order valence-electron chi connectivity index (χ0n) is 17.0. The number of fused-ring (bicyclic) bond motifs is 2. The Kier molecular flexibility index (Phi) is 4.62. The molecule has 2 heterocycles. The third-order valence-electron chi connectivity index (χ3n) is 7.51. The van der Waals surface area contributed by atoms with E-state index in [1.54, 1.807) is 7.11 Å². The minimum atomic E-state index is 0.373. The Bertz CT molecular complexity index is 748. The maximum absolute atomic E-state index is 6.05. The summed E-state index contributed by atoms with van der Waals surface area (Å²) in [4.78, 5) is 6.96. The first-order valence-corrected chi connectivity index (χ1v) is 10.7. The molecule has 0 bridgehead atoms. The largest absolute Gasteiger partial charge is 0.495 e. The van der Waals surface area contributed by atoms with Gasteiger partial charge in [0.05, 0.1) is 18.9 Å². The smallest absolute Gasteiger partial charge is 0.191 e. The molecule has 2 saturated heterocycles. The second-order valence-corrected chi connectivity index (χ2v) is 8.77. The van der Waals surface area contributed by atoms with Crippen molar-refractivity contribution in [2.45, 2.75) is 50.3 Å². The molecular weight excluding hydrogens is 352 g/mol. The summed E-state index contributed by atoms with van der Waals surface area (Å²) < 4.78 is 11.6. The number of anilines is 1. The molecule has 1 spiro atoms. The van der Waals surface area contributed by atoms with Crippen LogP contribution in [0.3, 0.4) is 0 Å². The Morgan fingerprint density at radius 2 is 2.11 bits per heavy atom. The monoisotopic (exact) mass is 384 g/mol. The topological polar surface area (TPSA) is 58.1 Å². The Labute approximate surface area is 167 Å². The van der Waals surface area contributed by atoms with Crippen LogP contribution >= 0.6 is 0 Å². The van der Waals surface area contributed by atoms with Gasteiger partial charge in [0.15, 0.2) is 5.96 Å². The van der Waals surface area contributed by atoms with Gasteiger partial charge in [-0.3, -0.25) is 4.99 Å². The second-order valence-electron chi connectivity index (χ2n) is 8.77. The maximum atomic E-state index is 6.05. The molecule has 1 aromatic rings. The fraction of sp³-hybridized carbons (Fsp3) is 0.682. The lowest BCUT2D eigenvalue weighted by atomic mass is 9.46. The van der Waals surface area contributed by atoms with Crippen molar-refractivity contribution in [3.63, 3.8) is 0 Å². The molecule has 4 atom stereocenters. The molecule has 6 nitrogen and oxygen atoms in total. The predicted molar refractivity (Wildman–Crippen MR) is 111 cm³/mol. The third kappa shape index (κ3) is 2.76. The average molecular weight is 385 g/mol. The standard InChI is InChI=1S/C22H32N4O2/c1-23-21(25-19-16-9-13-28-20(16)22(19)10-5-11-22)24-15-8-12-26(14-15)17-6-3-4-7-18(17)27-2/h3-4,6-7,15-16,19-20H,5,8-14H2,1-2H3,(H2,23,24,25). The summed E-state index contributed by atoms with van der Waals surface area (Å²) in [5.41, 5.74) is 1.55. The Morgan fingerprint density at radius 1 is 1.25 bits per heavy atom. The minimum absolute atomic E-state index is 0.373. The lowest BCUT2D eigenvalue weighted by Gasteiger charge is -2.63. The van der Waals surface area contributed by atoms with Gasteiger partial charge in [0.1, 0.15) is 5.75 Å². The molecule has 2 N–H and O–H groups in total. The van der Waals surface area contributed by atoms with E-state index in [0.29, 0.717) is 29.5 Å². The van der Waals surface area contributed by atoms with Gasteiger partial charge in [0, 0.05) is 50.2 Å².